The van der Waals surface area contributed by atoms with Crippen molar-refractivity contribution in [1.82, 2.24) is 13.9 Å². The summed E-state index contributed by atoms with van der Waals surface area (Å²) in [6, 6.07) is -0.352. The quantitative estimate of drug-likeness (QED) is 0.807. The van der Waals surface area contributed by atoms with Crippen LogP contribution in [0.4, 0.5) is 4.79 Å². The maximum absolute atomic E-state index is 11.8. The van der Waals surface area contributed by atoms with Crippen LogP contribution in [0.3, 0.4) is 0 Å². The zero-order valence-electron chi connectivity index (χ0n) is 12.7. The van der Waals surface area contributed by atoms with E-state index in [4.69, 9.17) is 4.74 Å². The molecule has 0 unspecified atom stereocenters. The van der Waals surface area contributed by atoms with Crippen LogP contribution in [0.25, 0.3) is 0 Å². The third-order valence-corrected chi connectivity index (χ3v) is 4.01. The second-order valence-electron chi connectivity index (χ2n) is 5.62. The normalized spacial score (nSPS) is 14.6. The van der Waals surface area contributed by atoms with Gasteiger partial charge in [0.15, 0.2) is 0 Å². The van der Waals surface area contributed by atoms with Crippen molar-refractivity contribution in [2.24, 2.45) is 0 Å². The summed E-state index contributed by atoms with van der Waals surface area (Å²) in [5, 5.41) is 2.59. The summed E-state index contributed by atoms with van der Waals surface area (Å²) in [5.41, 5.74) is -0.578. The van der Waals surface area contributed by atoms with Crippen molar-refractivity contribution >= 4 is 16.3 Å². The molecule has 0 aromatic rings. The van der Waals surface area contributed by atoms with Crippen molar-refractivity contribution in [3.05, 3.63) is 0 Å². The van der Waals surface area contributed by atoms with Gasteiger partial charge in [-0.2, -0.15) is 17.0 Å². The van der Waals surface area contributed by atoms with E-state index in [2.05, 4.69) is 5.32 Å². The van der Waals surface area contributed by atoms with E-state index in [1.54, 1.807) is 27.7 Å². The Morgan fingerprint density at radius 3 is 2.11 bits per heavy atom. The molecule has 0 heterocycles. The first-order chi connectivity index (χ1) is 8.36. The number of hydrogen-bond acceptors (Lipinski definition) is 4. The highest BCUT2D eigenvalue weighted by molar-refractivity contribution is 7.86. The standard InChI is InChI=1S/C11H25N3O4S/c1-9(12-10(15)18-11(2,3)4)8-14(7)19(16,17)13(5)6/h9H,8H2,1-7H3,(H,12,15)/t9-/m0/s1. The molecule has 114 valence electrons. The average molecular weight is 295 g/mol. The molecule has 0 aliphatic carbocycles. The Bertz CT molecular complexity index is 401. The first kappa shape index (κ1) is 18.1. The molecule has 0 radical (unpaired) electrons. The van der Waals surface area contributed by atoms with Gasteiger partial charge < -0.3 is 10.1 Å². The summed E-state index contributed by atoms with van der Waals surface area (Å²) < 4.78 is 31.0. The highest BCUT2D eigenvalue weighted by Crippen LogP contribution is 2.07. The average Bonchev–Trinajstić information content (AvgIpc) is 2.12. The molecule has 0 rings (SSSR count). The van der Waals surface area contributed by atoms with Gasteiger partial charge in [-0.3, -0.25) is 0 Å². The fraction of sp³-hybridized carbons (Fsp3) is 0.909. The van der Waals surface area contributed by atoms with Gasteiger partial charge in [-0.25, -0.2) is 4.79 Å². The van der Waals surface area contributed by atoms with E-state index in [0.717, 1.165) is 4.31 Å². The molecule has 7 nitrogen and oxygen atoms in total. The molecule has 1 amide bonds. The molecule has 0 saturated heterocycles. The van der Waals surface area contributed by atoms with E-state index in [1.807, 2.05) is 0 Å². The SMILES string of the molecule is C[C@@H](CN(C)S(=O)(=O)N(C)C)NC(=O)OC(C)(C)C. The zero-order chi connectivity index (χ0) is 15.4. The van der Waals surface area contributed by atoms with Crippen LogP contribution >= 0.6 is 0 Å². The van der Waals surface area contributed by atoms with Crippen molar-refractivity contribution in [3.63, 3.8) is 0 Å². The van der Waals surface area contributed by atoms with Gasteiger partial charge >= 0.3 is 6.09 Å². The molecule has 0 bridgehead atoms. The lowest BCUT2D eigenvalue weighted by molar-refractivity contribution is 0.0504. The van der Waals surface area contributed by atoms with Gasteiger partial charge in [-0.05, 0) is 27.7 Å². The largest absolute Gasteiger partial charge is 0.444 e. The minimum atomic E-state index is -3.47. The van der Waals surface area contributed by atoms with Gasteiger partial charge in [0.25, 0.3) is 10.2 Å². The van der Waals surface area contributed by atoms with E-state index in [9.17, 15) is 13.2 Å². The summed E-state index contributed by atoms with van der Waals surface area (Å²) in [6.45, 7) is 7.17. The van der Waals surface area contributed by atoms with Gasteiger partial charge in [0.2, 0.25) is 0 Å². The second kappa shape index (κ2) is 6.53. The predicted octanol–water partition coefficient (Wildman–Crippen LogP) is 0.638. The lowest BCUT2D eigenvalue weighted by Crippen LogP contribution is -2.46. The topological polar surface area (TPSA) is 79.0 Å². The van der Waals surface area contributed by atoms with E-state index >= 15 is 0 Å². The van der Waals surface area contributed by atoms with Gasteiger partial charge in [0, 0.05) is 33.7 Å². The minimum absolute atomic E-state index is 0.166. The Labute approximate surface area is 116 Å². The Kier molecular flexibility index (Phi) is 6.24. The predicted molar refractivity (Wildman–Crippen MR) is 74.1 cm³/mol. The van der Waals surface area contributed by atoms with Crippen LogP contribution in [-0.4, -0.2) is 62.5 Å². The molecule has 19 heavy (non-hydrogen) atoms. The molecule has 0 aliphatic rings. The molecule has 0 fully saturated rings. The Balaban J connectivity index is 4.41. The summed E-state index contributed by atoms with van der Waals surface area (Å²) in [6.07, 6.45) is -0.560. The van der Waals surface area contributed by atoms with Crippen LogP contribution in [0.15, 0.2) is 0 Å². The van der Waals surface area contributed by atoms with E-state index in [-0.39, 0.29) is 12.6 Å². The van der Waals surface area contributed by atoms with Crippen molar-refractivity contribution in [2.75, 3.05) is 27.7 Å². The fourth-order valence-corrected chi connectivity index (χ4v) is 2.28. The summed E-state index contributed by atoms with van der Waals surface area (Å²) in [7, 11) is 0.905. The number of rotatable bonds is 5. The van der Waals surface area contributed by atoms with Crippen LogP contribution < -0.4 is 5.32 Å². The monoisotopic (exact) mass is 295 g/mol. The van der Waals surface area contributed by atoms with Crippen LogP contribution in [0, 0.1) is 0 Å². The molecule has 0 saturated carbocycles. The maximum Gasteiger partial charge on any atom is 0.407 e. The lowest BCUT2D eigenvalue weighted by atomic mass is 10.2. The molecule has 0 aromatic carbocycles. The molecular formula is C11H25N3O4S. The number of amides is 1. The highest BCUT2D eigenvalue weighted by Gasteiger charge is 2.24. The Morgan fingerprint density at radius 1 is 1.26 bits per heavy atom. The number of nitrogens with one attached hydrogen (secondary N) is 1. The number of ether oxygens (including phenoxy) is 1. The zero-order valence-corrected chi connectivity index (χ0v) is 13.5. The number of hydrogen-bond donors (Lipinski definition) is 1. The van der Waals surface area contributed by atoms with Crippen LogP contribution in [-0.2, 0) is 14.9 Å². The molecule has 0 aromatic heterocycles. The maximum atomic E-state index is 11.8. The molecule has 0 spiro atoms. The van der Waals surface area contributed by atoms with Crippen molar-refractivity contribution in [2.45, 2.75) is 39.3 Å². The number of nitrogens with zero attached hydrogens (tertiary/aromatic N) is 2. The summed E-state index contributed by atoms with van der Waals surface area (Å²) in [4.78, 5) is 11.5. The molecule has 1 atom stereocenters. The number of likely N-dealkylation sites (N-methyl/N-ethyl adjacent to an activating group) is 1. The van der Waals surface area contributed by atoms with Crippen molar-refractivity contribution in [3.8, 4) is 0 Å². The third kappa shape index (κ3) is 6.74. The second-order valence-corrected chi connectivity index (χ2v) is 7.87. The van der Waals surface area contributed by atoms with E-state index < -0.39 is 21.9 Å². The van der Waals surface area contributed by atoms with Gasteiger partial charge in [0.05, 0.1) is 0 Å². The van der Waals surface area contributed by atoms with Gasteiger partial charge in [-0.15, -0.1) is 0 Å². The lowest BCUT2D eigenvalue weighted by Gasteiger charge is -2.26. The fourth-order valence-electron chi connectivity index (χ4n) is 1.31. The Hall–Kier alpha value is -0.860. The first-order valence-electron chi connectivity index (χ1n) is 5.99. The van der Waals surface area contributed by atoms with E-state index in [1.165, 1.54) is 25.4 Å². The Morgan fingerprint density at radius 2 is 1.74 bits per heavy atom. The summed E-state index contributed by atoms with van der Waals surface area (Å²) in [5.74, 6) is 0. The third-order valence-electron chi connectivity index (χ3n) is 2.15. The number of alkyl carbamates (subject to hydrolysis) is 1. The highest BCUT2D eigenvalue weighted by atomic mass is 32.2. The van der Waals surface area contributed by atoms with Crippen molar-refractivity contribution in [1.29, 1.82) is 0 Å². The van der Waals surface area contributed by atoms with Crippen LogP contribution in [0.2, 0.25) is 0 Å². The number of carbonyl (C=O) groups is 1. The first-order valence-corrected chi connectivity index (χ1v) is 7.39. The van der Waals surface area contributed by atoms with E-state index in [0.29, 0.717) is 0 Å². The number of carbonyl (C=O) groups excluding carboxylic acids is 1. The minimum Gasteiger partial charge on any atom is -0.444 e. The summed E-state index contributed by atoms with van der Waals surface area (Å²) >= 11 is 0. The van der Waals surface area contributed by atoms with Crippen LogP contribution in [0.1, 0.15) is 27.7 Å². The van der Waals surface area contributed by atoms with Gasteiger partial charge in [-0.1, -0.05) is 0 Å². The molecular weight excluding hydrogens is 270 g/mol. The smallest absolute Gasteiger partial charge is 0.407 e. The molecule has 1 N–H and O–H groups in total. The molecule has 0 aliphatic heterocycles. The van der Waals surface area contributed by atoms with Gasteiger partial charge in [0.1, 0.15) is 5.60 Å². The van der Waals surface area contributed by atoms with Crippen LogP contribution in [0.5, 0.6) is 0 Å². The molecule has 8 heteroatoms. The van der Waals surface area contributed by atoms with Crippen molar-refractivity contribution < 1.29 is 17.9 Å².